The summed E-state index contributed by atoms with van der Waals surface area (Å²) in [6, 6.07) is 9.17. The summed E-state index contributed by atoms with van der Waals surface area (Å²) in [6.07, 6.45) is 2.56. The van der Waals surface area contributed by atoms with Gasteiger partial charge in [-0.2, -0.15) is 0 Å². The molecule has 0 amide bonds. The monoisotopic (exact) mass is 247 g/mol. The predicted molar refractivity (Wildman–Crippen MR) is 71.5 cm³/mol. The van der Waals surface area contributed by atoms with E-state index in [1.165, 1.54) is 11.1 Å². The molecule has 0 saturated carbocycles. The zero-order chi connectivity index (χ0) is 13.0. The molecule has 3 nitrogen and oxygen atoms in total. The minimum atomic E-state index is -0.118. The highest BCUT2D eigenvalue weighted by atomic mass is 16.5. The minimum absolute atomic E-state index is 0.118. The highest BCUT2D eigenvalue weighted by molar-refractivity contribution is 5.70. The Labute approximate surface area is 109 Å². The number of rotatable bonds is 5. The SMILES string of the molecule is CCOC(=O)CC(C)NC1Cc2ccccc2C1. The van der Waals surface area contributed by atoms with E-state index in [0.717, 1.165) is 12.8 Å². The Morgan fingerprint density at radius 2 is 2.00 bits per heavy atom. The molecule has 1 unspecified atom stereocenters. The number of hydrogen-bond acceptors (Lipinski definition) is 3. The average Bonchev–Trinajstić information content (AvgIpc) is 2.70. The molecule has 0 heterocycles. The van der Waals surface area contributed by atoms with Gasteiger partial charge in [-0.25, -0.2) is 0 Å². The maximum Gasteiger partial charge on any atom is 0.307 e. The summed E-state index contributed by atoms with van der Waals surface area (Å²) in [4.78, 5) is 11.4. The third-order valence-corrected chi connectivity index (χ3v) is 3.35. The van der Waals surface area contributed by atoms with Crippen LogP contribution in [0.2, 0.25) is 0 Å². The van der Waals surface area contributed by atoms with Crippen LogP contribution in [0, 0.1) is 0 Å². The maximum atomic E-state index is 11.4. The zero-order valence-corrected chi connectivity index (χ0v) is 11.1. The van der Waals surface area contributed by atoms with Gasteiger partial charge in [0.2, 0.25) is 0 Å². The number of fused-ring (bicyclic) bond motifs is 1. The zero-order valence-electron chi connectivity index (χ0n) is 11.1. The fourth-order valence-corrected chi connectivity index (χ4v) is 2.61. The fourth-order valence-electron chi connectivity index (χ4n) is 2.61. The van der Waals surface area contributed by atoms with Gasteiger partial charge >= 0.3 is 5.97 Å². The molecule has 18 heavy (non-hydrogen) atoms. The average molecular weight is 247 g/mol. The second-order valence-electron chi connectivity index (χ2n) is 4.95. The Morgan fingerprint density at radius 3 is 2.56 bits per heavy atom. The van der Waals surface area contributed by atoms with Crippen molar-refractivity contribution in [1.82, 2.24) is 5.32 Å². The number of esters is 1. The van der Waals surface area contributed by atoms with Gasteiger partial charge in [-0.1, -0.05) is 24.3 Å². The molecule has 2 rings (SSSR count). The van der Waals surface area contributed by atoms with Gasteiger partial charge in [0.05, 0.1) is 13.0 Å². The third-order valence-electron chi connectivity index (χ3n) is 3.35. The molecule has 1 N–H and O–H groups in total. The van der Waals surface area contributed by atoms with Crippen molar-refractivity contribution in [1.29, 1.82) is 0 Å². The summed E-state index contributed by atoms with van der Waals surface area (Å²) in [6.45, 7) is 4.34. The van der Waals surface area contributed by atoms with Crippen molar-refractivity contribution < 1.29 is 9.53 Å². The van der Waals surface area contributed by atoms with Crippen molar-refractivity contribution in [3.8, 4) is 0 Å². The molecule has 1 aliphatic carbocycles. The summed E-state index contributed by atoms with van der Waals surface area (Å²) in [5.41, 5.74) is 2.86. The first kappa shape index (κ1) is 13.1. The van der Waals surface area contributed by atoms with E-state index in [1.54, 1.807) is 0 Å². The maximum absolute atomic E-state index is 11.4. The lowest BCUT2D eigenvalue weighted by molar-refractivity contribution is -0.143. The van der Waals surface area contributed by atoms with Gasteiger partial charge in [0.25, 0.3) is 0 Å². The van der Waals surface area contributed by atoms with Crippen molar-refractivity contribution in [3.05, 3.63) is 35.4 Å². The highest BCUT2D eigenvalue weighted by Gasteiger charge is 2.22. The number of benzene rings is 1. The van der Waals surface area contributed by atoms with Crippen LogP contribution in [0.15, 0.2) is 24.3 Å². The minimum Gasteiger partial charge on any atom is -0.466 e. The Hall–Kier alpha value is -1.35. The van der Waals surface area contributed by atoms with E-state index in [2.05, 4.69) is 29.6 Å². The molecular formula is C15H21NO2. The molecule has 1 aromatic carbocycles. The largest absolute Gasteiger partial charge is 0.466 e. The van der Waals surface area contributed by atoms with Crippen LogP contribution in [-0.4, -0.2) is 24.7 Å². The third kappa shape index (κ3) is 3.33. The van der Waals surface area contributed by atoms with E-state index >= 15 is 0 Å². The molecule has 0 bridgehead atoms. The summed E-state index contributed by atoms with van der Waals surface area (Å²) < 4.78 is 4.96. The van der Waals surface area contributed by atoms with Crippen molar-refractivity contribution in [2.75, 3.05) is 6.61 Å². The Bertz CT molecular complexity index is 392. The van der Waals surface area contributed by atoms with Gasteiger partial charge < -0.3 is 10.1 Å². The van der Waals surface area contributed by atoms with Crippen molar-refractivity contribution in [2.45, 2.75) is 45.2 Å². The van der Waals surface area contributed by atoms with Crippen LogP contribution in [0.5, 0.6) is 0 Å². The number of ether oxygens (including phenoxy) is 1. The topological polar surface area (TPSA) is 38.3 Å². The molecule has 0 fully saturated rings. The van der Waals surface area contributed by atoms with Crippen molar-refractivity contribution in [2.24, 2.45) is 0 Å². The predicted octanol–water partition coefficient (Wildman–Crippen LogP) is 2.09. The molecule has 3 heteroatoms. The van der Waals surface area contributed by atoms with Crippen LogP contribution in [0.4, 0.5) is 0 Å². The van der Waals surface area contributed by atoms with Gasteiger partial charge in [-0.05, 0) is 37.8 Å². The van der Waals surface area contributed by atoms with E-state index in [0.29, 0.717) is 19.1 Å². The van der Waals surface area contributed by atoms with Crippen LogP contribution in [0.1, 0.15) is 31.4 Å². The Morgan fingerprint density at radius 1 is 1.39 bits per heavy atom. The number of carbonyl (C=O) groups is 1. The summed E-state index contributed by atoms with van der Waals surface area (Å²) >= 11 is 0. The van der Waals surface area contributed by atoms with E-state index in [4.69, 9.17) is 4.74 Å². The molecule has 98 valence electrons. The molecule has 1 aliphatic rings. The van der Waals surface area contributed by atoms with E-state index in [1.807, 2.05) is 13.8 Å². The second kappa shape index (κ2) is 6.01. The number of carbonyl (C=O) groups excluding carboxylic acids is 1. The molecule has 0 aromatic heterocycles. The molecule has 0 saturated heterocycles. The first-order chi connectivity index (χ1) is 8.69. The van der Waals surface area contributed by atoms with Crippen LogP contribution in [0.3, 0.4) is 0 Å². The Balaban J connectivity index is 1.80. The second-order valence-corrected chi connectivity index (χ2v) is 4.95. The lowest BCUT2D eigenvalue weighted by Gasteiger charge is -2.18. The van der Waals surface area contributed by atoms with E-state index in [9.17, 15) is 4.79 Å². The van der Waals surface area contributed by atoms with Crippen LogP contribution < -0.4 is 5.32 Å². The van der Waals surface area contributed by atoms with E-state index < -0.39 is 0 Å². The Kier molecular flexibility index (Phi) is 4.37. The molecule has 0 aliphatic heterocycles. The fraction of sp³-hybridized carbons (Fsp3) is 0.533. The summed E-state index contributed by atoms with van der Waals surface area (Å²) in [5.74, 6) is -0.118. The lowest BCUT2D eigenvalue weighted by atomic mass is 10.1. The molecule has 0 radical (unpaired) electrons. The lowest BCUT2D eigenvalue weighted by Crippen LogP contribution is -2.38. The number of nitrogens with one attached hydrogen (secondary N) is 1. The standard InChI is InChI=1S/C15H21NO2/c1-3-18-15(17)8-11(2)16-14-9-12-6-4-5-7-13(12)10-14/h4-7,11,14,16H,3,8-10H2,1-2H3. The van der Waals surface area contributed by atoms with Crippen LogP contribution in [0.25, 0.3) is 0 Å². The normalized spacial score (nSPS) is 16.3. The van der Waals surface area contributed by atoms with Gasteiger partial charge in [-0.3, -0.25) is 4.79 Å². The van der Waals surface area contributed by atoms with Crippen molar-refractivity contribution in [3.63, 3.8) is 0 Å². The van der Waals surface area contributed by atoms with Gasteiger partial charge in [-0.15, -0.1) is 0 Å². The van der Waals surface area contributed by atoms with E-state index in [-0.39, 0.29) is 12.0 Å². The first-order valence-electron chi connectivity index (χ1n) is 6.67. The number of hydrogen-bond donors (Lipinski definition) is 1. The molecule has 0 spiro atoms. The van der Waals surface area contributed by atoms with Gasteiger partial charge in [0.1, 0.15) is 0 Å². The first-order valence-corrected chi connectivity index (χ1v) is 6.67. The quantitative estimate of drug-likeness (QED) is 0.810. The molecule has 1 aromatic rings. The summed E-state index contributed by atoms with van der Waals surface area (Å²) in [7, 11) is 0. The highest BCUT2D eigenvalue weighted by Crippen LogP contribution is 2.22. The molecular weight excluding hydrogens is 226 g/mol. The smallest absolute Gasteiger partial charge is 0.307 e. The van der Waals surface area contributed by atoms with Gasteiger partial charge in [0.15, 0.2) is 0 Å². The van der Waals surface area contributed by atoms with Crippen molar-refractivity contribution >= 4 is 5.97 Å². The summed E-state index contributed by atoms with van der Waals surface area (Å²) in [5, 5.41) is 3.51. The van der Waals surface area contributed by atoms with Crippen LogP contribution >= 0.6 is 0 Å². The molecule has 1 atom stereocenters. The van der Waals surface area contributed by atoms with Gasteiger partial charge in [0, 0.05) is 12.1 Å². The van der Waals surface area contributed by atoms with Crippen LogP contribution in [-0.2, 0) is 22.4 Å².